The monoisotopic (exact) mass is 276 g/mol. The summed E-state index contributed by atoms with van der Waals surface area (Å²) in [6, 6.07) is 10.6. The Balaban J connectivity index is 2.00. The second-order valence-corrected chi connectivity index (χ2v) is 5.26. The highest BCUT2D eigenvalue weighted by Crippen LogP contribution is 2.19. The third-order valence-electron chi connectivity index (χ3n) is 3.84. The van der Waals surface area contributed by atoms with Crippen molar-refractivity contribution in [2.45, 2.75) is 32.4 Å². The molecule has 1 aliphatic rings. The lowest BCUT2D eigenvalue weighted by Crippen LogP contribution is -2.52. The van der Waals surface area contributed by atoms with Gasteiger partial charge in [0, 0.05) is 18.6 Å². The maximum Gasteiger partial charge on any atom is 0.310 e. The van der Waals surface area contributed by atoms with E-state index in [9.17, 15) is 4.79 Å². The maximum atomic E-state index is 12.0. The fourth-order valence-corrected chi connectivity index (χ4v) is 2.72. The van der Waals surface area contributed by atoms with Gasteiger partial charge in [-0.2, -0.15) is 0 Å². The van der Waals surface area contributed by atoms with Gasteiger partial charge in [0.15, 0.2) is 0 Å². The number of piperidine rings is 1. The van der Waals surface area contributed by atoms with E-state index in [1.165, 1.54) is 5.56 Å². The number of nitrogens with one attached hydrogen (secondary N) is 2. The molecule has 3 atom stereocenters. The Labute approximate surface area is 120 Å². The summed E-state index contributed by atoms with van der Waals surface area (Å²) in [6.45, 7) is 6.12. The molecule has 0 aliphatic carbocycles. The van der Waals surface area contributed by atoms with E-state index in [1.807, 2.05) is 25.1 Å². The normalized spacial score (nSPS) is 24.1. The fraction of sp³-hybridized carbons (Fsp3) is 0.562. The zero-order valence-electron chi connectivity index (χ0n) is 12.3. The molecule has 1 unspecified atom stereocenters. The highest BCUT2D eigenvalue weighted by atomic mass is 16.5. The van der Waals surface area contributed by atoms with Gasteiger partial charge in [0.1, 0.15) is 0 Å². The van der Waals surface area contributed by atoms with Gasteiger partial charge >= 0.3 is 5.97 Å². The Bertz CT molecular complexity index is 422. The van der Waals surface area contributed by atoms with Gasteiger partial charge in [-0.05, 0) is 32.4 Å². The Morgan fingerprint density at radius 3 is 2.90 bits per heavy atom. The van der Waals surface area contributed by atoms with Crippen molar-refractivity contribution in [2.24, 2.45) is 5.92 Å². The summed E-state index contributed by atoms with van der Waals surface area (Å²) >= 11 is 0. The van der Waals surface area contributed by atoms with E-state index < -0.39 is 0 Å². The molecule has 20 heavy (non-hydrogen) atoms. The highest BCUT2D eigenvalue weighted by molar-refractivity contribution is 5.73. The minimum absolute atomic E-state index is 0.0534. The van der Waals surface area contributed by atoms with Gasteiger partial charge in [-0.25, -0.2) is 0 Å². The molecule has 110 valence electrons. The largest absolute Gasteiger partial charge is 0.466 e. The van der Waals surface area contributed by atoms with Gasteiger partial charge in [-0.3, -0.25) is 4.79 Å². The minimum atomic E-state index is -0.0771. The number of rotatable bonds is 5. The zero-order valence-corrected chi connectivity index (χ0v) is 12.3. The SMILES string of the molecule is CCOC(=O)C1CCNC[C@@H]1N[C@@H](C)c1ccccc1. The molecule has 0 spiro atoms. The van der Waals surface area contributed by atoms with Crippen molar-refractivity contribution in [3.8, 4) is 0 Å². The predicted octanol–water partition coefficient (Wildman–Crippen LogP) is 1.88. The first-order valence-electron chi connectivity index (χ1n) is 7.40. The molecule has 2 rings (SSSR count). The third kappa shape index (κ3) is 3.81. The molecule has 2 N–H and O–H groups in total. The first-order valence-corrected chi connectivity index (χ1v) is 7.40. The van der Waals surface area contributed by atoms with E-state index in [0.717, 1.165) is 19.5 Å². The molecular weight excluding hydrogens is 252 g/mol. The van der Waals surface area contributed by atoms with Gasteiger partial charge < -0.3 is 15.4 Å². The van der Waals surface area contributed by atoms with Gasteiger partial charge in [-0.15, -0.1) is 0 Å². The third-order valence-corrected chi connectivity index (χ3v) is 3.84. The van der Waals surface area contributed by atoms with Crippen molar-refractivity contribution < 1.29 is 9.53 Å². The van der Waals surface area contributed by atoms with E-state index in [0.29, 0.717) is 6.61 Å². The number of carbonyl (C=O) groups excluding carboxylic acids is 1. The lowest BCUT2D eigenvalue weighted by Gasteiger charge is -2.33. The number of hydrogen-bond donors (Lipinski definition) is 2. The van der Waals surface area contributed by atoms with Crippen LogP contribution in [0.3, 0.4) is 0 Å². The van der Waals surface area contributed by atoms with Crippen LogP contribution in [0.2, 0.25) is 0 Å². The topological polar surface area (TPSA) is 50.4 Å². The summed E-state index contributed by atoms with van der Waals surface area (Å²) in [7, 11) is 0. The van der Waals surface area contributed by atoms with E-state index in [4.69, 9.17) is 4.74 Å². The molecule has 1 fully saturated rings. The molecule has 0 radical (unpaired) electrons. The van der Waals surface area contributed by atoms with Crippen molar-refractivity contribution in [1.82, 2.24) is 10.6 Å². The van der Waals surface area contributed by atoms with Crippen LogP contribution in [0.4, 0.5) is 0 Å². The van der Waals surface area contributed by atoms with Crippen LogP contribution in [0, 0.1) is 5.92 Å². The second-order valence-electron chi connectivity index (χ2n) is 5.26. The molecule has 4 nitrogen and oxygen atoms in total. The number of carbonyl (C=O) groups is 1. The van der Waals surface area contributed by atoms with Gasteiger partial charge in [0.2, 0.25) is 0 Å². The van der Waals surface area contributed by atoms with Gasteiger partial charge in [-0.1, -0.05) is 30.3 Å². The minimum Gasteiger partial charge on any atom is -0.466 e. The van der Waals surface area contributed by atoms with Gasteiger partial charge in [0.05, 0.1) is 12.5 Å². The Morgan fingerprint density at radius 2 is 2.20 bits per heavy atom. The van der Waals surface area contributed by atoms with Crippen molar-refractivity contribution in [3.63, 3.8) is 0 Å². The summed E-state index contributed by atoms with van der Waals surface area (Å²) in [5, 5.41) is 6.91. The van der Waals surface area contributed by atoms with Crippen molar-refractivity contribution in [2.75, 3.05) is 19.7 Å². The molecular formula is C16H24N2O2. The average Bonchev–Trinajstić information content (AvgIpc) is 2.49. The lowest BCUT2D eigenvalue weighted by molar-refractivity contribution is -0.149. The molecule has 1 heterocycles. The van der Waals surface area contributed by atoms with Crippen LogP contribution in [-0.2, 0) is 9.53 Å². The van der Waals surface area contributed by atoms with Crippen LogP contribution in [0.1, 0.15) is 31.9 Å². The van der Waals surface area contributed by atoms with Crippen molar-refractivity contribution in [3.05, 3.63) is 35.9 Å². The molecule has 1 aromatic carbocycles. The zero-order chi connectivity index (χ0) is 14.4. The number of benzene rings is 1. The summed E-state index contributed by atoms with van der Waals surface area (Å²) in [5.74, 6) is -0.130. The molecule has 0 saturated carbocycles. The highest BCUT2D eigenvalue weighted by Gasteiger charge is 2.32. The summed E-state index contributed by atoms with van der Waals surface area (Å²) in [5.41, 5.74) is 1.24. The quantitative estimate of drug-likeness (QED) is 0.806. The van der Waals surface area contributed by atoms with Crippen molar-refractivity contribution >= 4 is 5.97 Å². The number of ether oxygens (including phenoxy) is 1. The first kappa shape index (κ1) is 15.0. The van der Waals surface area contributed by atoms with Gasteiger partial charge in [0.25, 0.3) is 0 Å². The molecule has 0 bridgehead atoms. The first-order chi connectivity index (χ1) is 9.72. The van der Waals surface area contributed by atoms with E-state index in [1.54, 1.807) is 0 Å². The summed E-state index contributed by atoms with van der Waals surface area (Å²) in [6.07, 6.45) is 0.831. The van der Waals surface area contributed by atoms with Crippen LogP contribution in [0.15, 0.2) is 30.3 Å². The summed E-state index contributed by atoms with van der Waals surface area (Å²) < 4.78 is 5.19. The van der Waals surface area contributed by atoms with Crippen LogP contribution in [0.5, 0.6) is 0 Å². The Hall–Kier alpha value is -1.39. The molecule has 1 aromatic rings. The number of esters is 1. The average molecular weight is 276 g/mol. The Kier molecular flexibility index (Phi) is 5.56. The van der Waals surface area contributed by atoms with Crippen LogP contribution in [-0.4, -0.2) is 31.7 Å². The fourth-order valence-electron chi connectivity index (χ4n) is 2.72. The van der Waals surface area contributed by atoms with Crippen LogP contribution < -0.4 is 10.6 Å². The Morgan fingerprint density at radius 1 is 1.45 bits per heavy atom. The molecule has 0 amide bonds. The van der Waals surface area contributed by atoms with Crippen molar-refractivity contribution in [1.29, 1.82) is 0 Å². The molecule has 4 heteroatoms. The smallest absolute Gasteiger partial charge is 0.310 e. The molecule has 1 aliphatic heterocycles. The molecule has 1 saturated heterocycles. The van der Waals surface area contributed by atoms with E-state index >= 15 is 0 Å². The maximum absolute atomic E-state index is 12.0. The van der Waals surface area contributed by atoms with E-state index in [-0.39, 0.29) is 24.0 Å². The van der Waals surface area contributed by atoms with Crippen LogP contribution >= 0.6 is 0 Å². The summed E-state index contributed by atoms with van der Waals surface area (Å²) in [4.78, 5) is 12.0. The molecule has 0 aromatic heterocycles. The predicted molar refractivity (Wildman–Crippen MR) is 79.4 cm³/mol. The number of hydrogen-bond acceptors (Lipinski definition) is 4. The lowest BCUT2D eigenvalue weighted by atomic mass is 9.91. The second kappa shape index (κ2) is 7.41. The van der Waals surface area contributed by atoms with Crippen LogP contribution in [0.25, 0.3) is 0 Å². The standard InChI is InChI=1S/C16H24N2O2/c1-3-20-16(19)14-9-10-17-11-15(14)18-12(2)13-7-5-4-6-8-13/h4-8,12,14-15,17-18H,3,9-11H2,1-2H3/t12-,14?,15-/m0/s1. The van der Waals surface area contributed by atoms with E-state index in [2.05, 4.69) is 29.7 Å².